The number of hydrogen-bond donors (Lipinski definition) is 1. The molecule has 0 saturated carbocycles. The van der Waals surface area contributed by atoms with Gasteiger partial charge in [0.2, 0.25) is 0 Å². The molecular formula is C10H14ClNO3. The van der Waals surface area contributed by atoms with Crippen molar-refractivity contribution in [1.82, 2.24) is 0 Å². The van der Waals surface area contributed by atoms with Gasteiger partial charge in [0.25, 0.3) is 0 Å². The lowest BCUT2D eigenvalue weighted by Gasteiger charge is -2.07. The van der Waals surface area contributed by atoms with Gasteiger partial charge < -0.3 is 15.2 Å². The summed E-state index contributed by atoms with van der Waals surface area (Å²) < 4.78 is 9.81. The van der Waals surface area contributed by atoms with E-state index in [1.54, 1.807) is 18.2 Å². The molecule has 0 unspecified atom stereocenters. The van der Waals surface area contributed by atoms with E-state index < -0.39 is 5.97 Å². The molecule has 0 radical (unpaired) electrons. The van der Waals surface area contributed by atoms with E-state index in [-0.39, 0.29) is 12.4 Å². The van der Waals surface area contributed by atoms with Crippen LogP contribution in [0, 0.1) is 0 Å². The van der Waals surface area contributed by atoms with Crippen molar-refractivity contribution in [3.8, 4) is 5.75 Å². The van der Waals surface area contributed by atoms with E-state index in [1.165, 1.54) is 7.11 Å². The number of methoxy groups -OCH3 is 1. The van der Waals surface area contributed by atoms with Crippen LogP contribution in [0.15, 0.2) is 18.2 Å². The molecule has 5 heteroatoms. The van der Waals surface area contributed by atoms with Gasteiger partial charge in [-0.2, -0.15) is 0 Å². The minimum Gasteiger partial charge on any atom is -0.492 e. The number of carbonyl (C=O) groups is 1. The maximum atomic E-state index is 11.2. The van der Waals surface area contributed by atoms with Gasteiger partial charge in [0.15, 0.2) is 0 Å². The summed E-state index contributed by atoms with van der Waals surface area (Å²) in [6.45, 7) is 2.36. The van der Waals surface area contributed by atoms with E-state index in [0.717, 1.165) is 0 Å². The lowest BCUT2D eigenvalue weighted by atomic mass is 10.2. The first kappa shape index (κ1) is 13.6. The average molecular weight is 232 g/mol. The van der Waals surface area contributed by atoms with Crippen LogP contribution in [0.1, 0.15) is 17.3 Å². The molecule has 0 aliphatic carbocycles. The monoisotopic (exact) mass is 231 g/mol. The molecule has 0 saturated heterocycles. The van der Waals surface area contributed by atoms with Gasteiger partial charge in [-0.25, -0.2) is 4.79 Å². The van der Waals surface area contributed by atoms with Crippen molar-refractivity contribution in [2.75, 3.05) is 19.5 Å². The molecule has 1 rings (SSSR count). The Morgan fingerprint density at radius 1 is 1.47 bits per heavy atom. The van der Waals surface area contributed by atoms with Crippen molar-refractivity contribution in [3.05, 3.63) is 23.8 Å². The second kappa shape index (κ2) is 6.14. The molecule has 4 nitrogen and oxygen atoms in total. The standard InChI is InChI=1S/C10H13NO3.ClH/c1-3-14-9-6-7(10(12)13-2)4-5-8(9)11;/h4-6H,3,11H2,1-2H3;1H. The quantitative estimate of drug-likeness (QED) is 0.637. The Morgan fingerprint density at radius 2 is 2.13 bits per heavy atom. The fourth-order valence-electron chi connectivity index (χ4n) is 1.06. The average Bonchev–Trinajstić information content (AvgIpc) is 2.20. The topological polar surface area (TPSA) is 61.5 Å². The predicted molar refractivity (Wildman–Crippen MR) is 60.6 cm³/mol. The fourth-order valence-corrected chi connectivity index (χ4v) is 1.06. The molecule has 0 aliphatic heterocycles. The molecule has 0 fully saturated rings. The minimum absolute atomic E-state index is 0. The zero-order valence-corrected chi connectivity index (χ0v) is 9.47. The third-order valence-electron chi connectivity index (χ3n) is 1.73. The number of ether oxygens (including phenoxy) is 2. The van der Waals surface area contributed by atoms with Gasteiger partial charge in [-0.1, -0.05) is 0 Å². The normalized spacial score (nSPS) is 8.93. The SMILES string of the molecule is CCOc1cc(C(=O)OC)ccc1N.Cl. The van der Waals surface area contributed by atoms with Crippen molar-refractivity contribution >= 4 is 24.1 Å². The fraction of sp³-hybridized carbons (Fsp3) is 0.300. The van der Waals surface area contributed by atoms with Crippen LogP contribution in [0.4, 0.5) is 5.69 Å². The molecule has 1 aromatic carbocycles. The molecule has 0 amide bonds. The summed E-state index contributed by atoms with van der Waals surface area (Å²) in [5.41, 5.74) is 6.59. The zero-order valence-electron chi connectivity index (χ0n) is 8.65. The number of esters is 1. The van der Waals surface area contributed by atoms with Crippen LogP contribution in [-0.4, -0.2) is 19.7 Å². The summed E-state index contributed by atoms with van der Waals surface area (Å²) in [5.74, 6) is 0.112. The maximum Gasteiger partial charge on any atom is 0.337 e. The number of rotatable bonds is 3. The number of anilines is 1. The van der Waals surface area contributed by atoms with E-state index in [2.05, 4.69) is 4.74 Å². The van der Waals surface area contributed by atoms with Crippen molar-refractivity contribution in [2.45, 2.75) is 6.92 Å². The van der Waals surface area contributed by atoms with E-state index in [1.807, 2.05) is 6.92 Å². The highest BCUT2D eigenvalue weighted by atomic mass is 35.5. The molecule has 2 N–H and O–H groups in total. The van der Waals surface area contributed by atoms with Gasteiger partial charge in [-0.05, 0) is 25.1 Å². The van der Waals surface area contributed by atoms with E-state index in [0.29, 0.717) is 23.6 Å². The summed E-state index contributed by atoms with van der Waals surface area (Å²) in [6.07, 6.45) is 0. The van der Waals surface area contributed by atoms with Crippen LogP contribution in [0.3, 0.4) is 0 Å². The Balaban J connectivity index is 0.00000196. The molecule has 0 bridgehead atoms. The molecule has 0 heterocycles. The Morgan fingerprint density at radius 3 is 2.67 bits per heavy atom. The molecule has 0 aromatic heterocycles. The van der Waals surface area contributed by atoms with Crippen molar-refractivity contribution in [3.63, 3.8) is 0 Å². The van der Waals surface area contributed by atoms with E-state index >= 15 is 0 Å². The molecule has 0 spiro atoms. The number of carbonyl (C=O) groups excluding carboxylic acids is 1. The highest BCUT2D eigenvalue weighted by Gasteiger charge is 2.08. The Labute approximate surface area is 94.8 Å². The summed E-state index contributed by atoms with van der Waals surface area (Å²) in [6, 6.07) is 4.80. The number of nitrogens with two attached hydrogens (primary N) is 1. The number of benzene rings is 1. The predicted octanol–water partition coefficient (Wildman–Crippen LogP) is 1.88. The van der Waals surface area contributed by atoms with Gasteiger partial charge in [0, 0.05) is 0 Å². The van der Waals surface area contributed by atoms with Gasteiger partial charge in [-0.15, -0.1) is 12.4 Å². The van der Waals surface area contributed by atoms with E-state index in [4.69, 9.17) is 10.5 Å². The Kier molecular flexibility index (Phi) is 5.56. The Hall–Kier alpha value is -1.42. The van der Waals surface area contributed by atoms with Crippen LogP contribution in [-0.2, 0) is 4.74 Å². The second-order valence-corrected chi connectivity index (χ2v) is 2.68. The summed E-state index contributed by atoms with van der Waals surface area (Å²) in [4.78, 5) is 11.2. The maximum absolute atomic E-state index is 11.2. The first-order valence-electron chi connectivity index (χ1n) is 4.29. The van der Waals surface area contributed by atoms with Crippen LogP contribution in [0.2, 0.25) is 0 Å². The third-order valence-corrected chi connectivity index (χ3v) is 1.73. The lowest BCUT2D eigenvalue weighted by molar-refractivity contribution is 0.0600. The van der Waals surface area contributed by atoms with Crippen molar-refractivity contribution < 1.29 is 14.3 Å². The Bertz CT molecular complexity index is 341. The molecule has 0 aliphatic rings. The summed E-state index contributed by atoms with van der Waals surface area (Å²) in [7, 11) is 1.33. The smallest absolute Gasteiger partial charge is 0.337 e. The number of hydrogen-bond acceptors (Lipinski definition) is 4. The minimum atomic E-state index is -0.397. The van der Waals surface area contributed by atoms with Gasteiger partial charge >= 0.3 is 5.97 Å². The first-order valence-corrected chi connectivity index (χ1v) is 4.29. The van der Waals surface area contributed by atoms with Gasteiger partial charge in [0.05, 0.1) is 25.0 Å². The van der Waals surface area contributed by atoms with Gasteiger partial charge in [-0.3, -0.25) is 0 Å². The molecular weight excluding hydrogens is 218 g/mol. The van der Waals surface area contributed by atoms with Crippen molar-refractivity contribution in [1.29, 1.82) is 0 Å². The third kappa shape index (κ3) is 3.32. The highest BCUT2D eigenvalue weighted by molar-refractivity contribution is 5.90. The zero-order chi connectivity index (χ0) is 10.6. The summed E-state index contributed by atoms with van der Waals surface area (Å²) >= 11 is 0. The number of halogens is 1. The summed E-state index contributed by atoms with van der Waals surface area (Å²) in [5, 5.41) is 0. The van der Waals surface area contributed by atoms with E-state index in [9.17, 15) is 4.79 Å². The molecule has 0 atom stereocenters. The van der Waals surface area contributed by atoms with Crippen LogP contribution >= 0.6 is 12.4 Å². The van der Waals surface area contributed by atoms with Crippen LogP contribution in [0.5, 0.6) is 5.75 Å². The van der Waals surface area contributed by atoms with Gasteiger partial charge in [0.1, 0.15) is 5.75 Å². The first-order chi connectivity index (χ1) is 6.69. The highest BCUT2D eigenvalue weighted by Crippen LogP contribution is 2.22. The lowest BCUT2D eigenvalue weighted by Crippen LogP contribution is -2.03. The molecule has 1 aromatic rings. The molecule has 15 heavy (non-hydrogen) atoms. The van der Waals surface area contributed by atoms with Crippen LogP contribution < -0.4 is 10.5 Å². The second-order valence-electron chi connectivity index (χ2n) is 2.68. The largest absolute Gasteiger partial charge is 0.492 e. The van der Waals surface area contributed by atoms with Crippen molar-refractivity contribution in [2.24, 2.45) is 0 Å². The van der Waals surface area contributed by atoms with Crippen LogP contribution in [0.25, 0.3) is 0 Å². The molecule has 84 valence electrons. The number of nitrogen functional groups attached to an aromatic ring is 1.